The molecule has 1 fully saturated rings. The molecule has 11 nitrogen and oxygen atoms in total. The molecule has 2 unspecified atom stereocenters. The number of hydroxylamine groups is 2. The maximum Gasteiger partial charge on any atom is 0.533 e. The summed E-state index contributed by atoms with van der Waals surface area (Å²) in [7, 11) is 1.48. The fraction of sp³-hybridized carbons (Fsp3) is 0.238. The number of hydrogen-bond acceptors (Lipinski definition) is 7. The van der Waals surface area contributed by atoms with Gasteiger partial charge in [0.1, 0.15) is 6.61 Å². The van der Waals surface area contributed by atoms with Crippen molar-refractivity contribution in [3.63, 3.8) is 0 Å². The molecule has 2 atom stereocenters. The van der Waals surface area contributed by atoms with Crippen LogP contribution in [0.2, 0.25) is 0 Å². The lowest BCUT2D eigenvalue weighted by Gasteiger charge is -2.17. The first-order chi connectivity index (χ1) is 15.8. The Kier molecular flexibility index (Phi) is 6.11. The van der Waals surface area contributed by atoms with Gasteiger partial charge in [0, 0.05) is 31.5 Å². The van der Waals surface area contributed by atoms with Crippen molar-refractivity contribution >= 4 is 40.8 Å². The van der Waals surface area contributed by atoms with Gasteiger partial charge in [-0.05, 0) is 46.5 Å². The van der Waals surface area contributed by atoms with Crippen molar-refractivity contribution in [2.24, 2.45) is 0 Å². The van der Waals surface area contributed by atoms with E-state index in [0.29, 0.717) is 21.9 Å². The summed E-state index contributed by atoms with van der Waals surface area (Å²) < 4.78 is 26.3. The molecular formula is C21H19N3O8S. The number of carbonyl (C=O) groups is 4. The molecule has 3 N–H and O–H groups in total. The third-order valence-corrected chi connectivity index (χ3v) is 6.00. The molecule has 1 saturated heterocycles. The van der Waals surface area contributed by atoms with Crippen molar-refractivity contribution in [2.75, 3.05) is 19.0 Å². The van der Waals surface area contributed by atoms with Gasteiger partial charge in [0.2, 0.25) is 0 Å². The smallest absolute Gasteiger partial charge is 0.432 e. The van der Waals surface area contributed by atoms with E-state index in [1.54, 1.807) is 30.3 Å². The van der Waals surface area contributed by atoms with Crippen molar-refractivity contribution in [2.45, 2.75) is 23.7 Å². The summed E-state index contributed by atoms with van der Waals surface area (Å²) in [4.78, 5) is 52.1. The minimum absolute atomic E-state index is 0.0440. The average Bonchev–Trinajstić information content (AvgIpc) is 3.28. The number of amides is 4. The van der Waals surface area contributed by atoms with E-state index in [9.17, 15) is 27.9 Å². The Morgan fingerprint density at radius 3 is 2.36 bits per heavy atom. The Balaban J connectivity index is 1.61. The first kappa shape index (κ1) is 22.4. The van der Waals surface area contributed by atoms with E-state index in [1.807, 2.05) is 0 Å². The van der Waals surface area contributed by atoms with Crippen molar-refractivity contribution in [3.8, 4) is 11.1 Å². The highest BCUT2D eigenvalue weighted by atomic mass is 32.2. The number of nitrogens with zero attached hydrogens (tertiary/aromatic N) is 1. The van der Waals surface area contributed by atoms with Gasteiger partial charge in [-0.25, -0.2) is 13.8 Å². The van der Waals surface area contributed by atoms with Gasteiger partial charge in [0.15, 0.2) is 11.1 Å². The summed E-state index contributed by atoms with van der Waals surface area (Å²) in [5.74, 6) is -1.82. The van der Waals surface area contributed by atoms with Crippen LogP contribution in [0.1, 0.15) is 29.9 Å². The number of hydrogen-bond donors (Lipinski definition) is 3. The minimum atomic E-state index is -2.22. The van der Waals surface area contributed by atoms with E-state index in [-0.39, 0.29) is 24.3 Å². The summed E-state index contributed by atoms with van der Waals surface area (Å²) in [6.07, 6.45) is -1.31. The van der Waals surface area contributed by atoms with Gasteiger partial charge in [-0.1, -0.05) is 17.2 Å². The van der Waals surface area contributed by atoms with Crippen molar-refractivity contribution < 1.29 is 37.5 Å². The van der Waals surface area contributed by atoms with Crippen LogP contribution in [0.15, 0.2) is 41.3 Å². The van der Waals surface area contributed by atoms with Crippen LogP contribution in [0.25, 0.3) is 11.1 Å². The lowest BCUT2D eigenvalue weighted by atomic mass is 9.97. The largest absolute Gasteiger partial charge is 0.533 e. The minimum Gasteiger partial charge on any atom is -0.432 e. The Bertz CT molecular complexity index is 1180. The number of imide groups is 1. The fourth-order valence-electron chi connectivity index (χ4n) is 3.81. The van der Waals surface area contributed by atoms with Gasteiger partial charge in [0.05, 0.1) is 4.90 Å². The zero-order chi connectivity index (χ0) is 23.7. The molecular weight excluding hydrogens is 454 g/mol. The van der Waals surface area contributed by atoms with Crippen LogP contribution in [0.3, 0.4) is 0 Å². The van der Waals surface area contributed by atoms with E-state index in [1.165, 1.54) is 13.1 Å². The fourth-order valence-corrected chi connectivity index (χ4v) is 4.22. The molecule has 4 rings (SSSR count). The van der Waals surface area contributed by atoms with Gasteiger partial charge in [-0.3, -0.25) is 14.4 Å². The summed E-state index contributed by atoms with van der Waals surface area (Å²) in [5, 5.41) is 5.51. The molecule has 0 aromatic heterocycles. The molecule has 172 valence electrons. The maximum absolute atomic E-state index is 12.2. The first-order valence-corrected chi connectivity index (χ1v) is 11.0. The molecule has 0 saturated carbocycles. The zero-order valence-electron chi connectivity index (χ0n) is 17.3. The van der Waals surface area contributed by atoms with E-state index in [4.69, 9.17) is 9.57 Å². The van der Waals surface area contributed by atoms with Gasteiger partial charge in [0.25, 0.3) is 11.8 Å². The molecule has 0 bridgehead atoms. The van der Waals surface area contributed by atoms with Crippen molar-refractivity contribution in [3.05, 3.63) is 47.5 Å². The van der Waals surface area contributed by atoms with Gasteiger partial charge < -0.3 is 19.9 Å². The SMILES string of the molecule is CNC(=O)Nc1ccc2c(c1)C(COC(=O)ON1C(=O)CCC1=O)c1cc(S(=O)O)ccc1-2. The molecule has 0 spiro atoms. The predicted molar refractivity (Wildman–Crippen MR) is 114 cm³/mol. The molecule has 1 heterocycles. The highest BCUT2D eigenvalue weighted by Crippen LogP contribution is 2.46. The number of carbonyl (C=O) groups excluding carboxylic acids is 4. The average molecular weight is 473 g/mol. The highest BCUT2D eigenvalue weighted by Gasteiger charge is 2.35. The first-order valence-electron chi connectivity index (χ1n) is 9.87. The molecule has 33 heavy (non-hydrogen) atoms. The number of fused-ring (bicyclic) bond motifs is 3. The maximum atomic E-state index is 12.2. The summed E-state index contributed by atoms with van der Waals surface area (Å²) in [5.41, 5.74) is 3.42. The normalized spacial score (nSPS) is 17.3. The lowest BCUT2D eigenvalue weighted by Crippen LogP contribution is -2.32. The number of ether oxygens (including phenoxy) is 1. The van der Waals surface area contributed by atoms with Crippen LogP contribution in [-0.4, -0.2) is 51.5 Å². The van der Waals surface area contributed by atoms with Crippen LogP contribution in [0, 0.1) is 0 Å². The van der Waals surface area contributed by atoms with Crippen molar-refractivity contribution in [1.82, 2.24) is 10.4 Å². The highest BCUT2D eigenvalue weighted by molar-refractivity contribution is 7.79. The van der Waals surface area contributed by atoms with Crippen LogP contribution in [0.4, 0.5) is 15.3 Å². The Morgan fingerprint density at radius 1 is 1.09 bits per heavy atom. The topological polar surface area (TPSA) is 151 Å². The van der Waals surface area contributed by atoms with Gasteiger partial charge >= 0.3 is 12.2 Å². The molecule has 2 aromatic rings. The predicted octanol–water partition coefficient (Wildman–Crippen LogP) is 2.35. The summed E-state index contributed by atoms with van der Waals surface area (Å²) in [6, 6.07) is 9.56. The van der Waals surface area contributed by atoms with E-state index in [0.717, 1.165) is 11.1 Å². The molecule has 1 aliphatic carbocycles. The van der Waals surface area contributed by atoms with E-state index >= 15 is 0 Å². The zero-order valence-corrected chi connectivity index (χ0v) is 18.1. The number of benzene rings is 2. The Labute approximate surface area is 190 Å². The van der Waals surface area contributed by atoms with Crippen LogP contribution >= 0.6 is 0 Å². The number of urea groups is 1. The molecule has 2 aliphatic rings. The number of rotatable bonds is 5. The standard InChI is InChI=1S/C21H19N3O8S/c1-22-20(27)23-11-2-4-13-14-5-3-12(33(29)30)9-16(14)17(15(13)8-11)10-31-21(28)32-24-18(25)6-7-19(24)26/h2-5,8-9,17H,6-7,10H2,1H3,(H,29,30)(H2,22,23,27). The summed E-state index contributed by atoms with van der Waals surface area (Å²) in [6.45, 7) is -0.236. The van der Waals surface area contributed by atoms with Gasteiger partial charge in [-0.15, -0.1) is 0 Å². The van der Waals surface area contributed by atoms with Crippen LogP contribution in [-0.2, 0) is 30.2 Å². The molecule has 1 aliphatic heterocycles. The van der Waals surface area contributed by atoms with E-state index < -0.39 is 41.0 Å². The Hall–Kier alpha value is -3.77. The second kappa shape index (κ2) is 9.00. The van der Waals surface area contributed by atoms with Crippen LogP contribution in [0.5, 0.6) is 0 Å². The third kappa shape index (κ3) is 4.43. The molecule has 12 heteroatoms. The van der Waals surface area contributed by atoms with Gasteiger partial charge in [-0.2, -0.15) is 0 Å². The molecule has 4 amide bonds. The molecule has 2 aromatic carbocycles. The monoisotopic (exact) mass is 473 g/mol. The molecule has 0 radical (unpaired) electrons. The Morgan fingerprint density at radius 2 is 1.73 bits per heavy atom. The number of anilines is 1. The lowest BCUT2D eigenvalue weighted by molar-refractivity contribution is -0.177. The van der Waals surface area contributed by atoms with Crippen molar-refractivity contribution in [1.29, 1.82) is 0 Å². The second-order valence-electron chi connectivity index (χ2n) is 7.29. The van der Waals surface area contributed by atoms with Crippen LogP contribution < -0.4 is 10.6 Å². The summed E-state index contributed by atoms with van der Waals surface area (Å²) >= 11 is -2.22. The second-order valence-corrected chi connectivity index (χ2v) is 8.26. The quantitative estimate of drug-likeness (QED) is 0.340. The number of nitrogens with one attached hydrogen (secondary N) is 2. The van der Waals surface area contributed by atoms with E-state index in [2.05, 4.69) is 10.6 Å². The third-order valence-electron chi connectivity index (χ3n) is 5.34.